The SMILES string of the molecule is CO/N=C1\CC2CCC1N2S(=O)(=O)c1ccc(C(C)(C)C)cc1. The van der Waals surface area contributed by atoms with Crippen LogP contribution in [0.25, 0.3) is 0 Å². The Balaban J connectivity index is 1.92. The summed E-state index contributed by atoms with van der Waals surface area (Å²) < 4.78 is 27.7. The van der Waals surface area contributed by atoms with E-state index in [4.69, 9.17) is 4.84 Å². The highest BCUT2D eigenvalue weighted by Crippen LogP contribution is 2.40. The maximum absolute atomic E-state index is 13.0. The summed E-state index contributed by atoms with van der Waals surface area (Å²) in [6.45, 7) is 6.35. The lowest BCUT2D eigenvalue weighted by atomic mass is 9.87. The van der Waals surface area contributed by atoms with Crippen molar-refractivity contribution in [3.8, 4) is 0 Å². The summed E-state index contributed by atoms with van der Waals surface area (Å²) in [4.78, 5) is 5.23. The fourth-order valence-corrected chi connectivity index (χ4v) is 5.43. The molecule has 2 fully saturated rings. The molecule has 2 aliphatic rings. The summed E-state index contributed by atoms with van der Waals surface area (Å²) in [5, 5.41) is 4.02. The standard InChI is InChI=1S/C17H24N2O3S/c1-17(2,3)12-5-8-14(9-6-12)23(20,21)19-13-7-10-16(19)15(11-13)18-22-4/h5-6,8-9,13,16H,7,10-11H2,1-4H3/b18-15+. The van der Waals surface area contributed by atoms with E-state index in [2.05, 4.69) is 25.9 Å². The minimum absolute atomic E-state index is 0.00720. The molecule has 0 saturated carbocycles. The molecule has 2 atom stereocenters. The van der Waals surface area contributed by atoms with Gasteiger partial charge in [0.2, 0.25) is 10.0 Å². The molecule has 1 aromatic carbocycles. The molecule has 1 aromatic rings. The van der Waals surface area contributed by atoms with E-state index in [-0.39, 0.29) is 17.5 Å². The van der Waals surface area contributed by atoms with Gasteiger partial charge < -0.3 is 4.84 Å². The number of sulfonamides is 1. The van der Waals surface area contributed by atoms with Crippen LogP contribution in [-0.2, 0) is 20.3 Å². The van der Waals surface area contributed by atoms with E-state index in [9.17, 15) is 8.42 Å². The smallest absolute Gasteiger partial charge is 0.243 e. The number of hydrogen-bond donors (Lipinski definition) is 0. The first-order valence-corrected chi connectivity index (χ1v) is 9.43. The summed E-state index contributed by atoms with van der Waals surface area (Å²) in [6.07, 6.45) is 2.40. The van der Waals surface area contributed by atoms with Gasteiger partial charge in [-0.2, -0.15) is 4.31 Å². The van der Waals surface area contributed by atoms with E-state index < -0.39 is 10.0 Å². The van der Waals surface area contributed by atoms with E-state index >= 15 is 0 Å². The third-order valence-corrected chi connectivity index (χ3v) is 6.75. The molecule has 3 rings (SSSR count). The maximum Gasteiger partial charge on any atom is 0.243 e. The average Bonchev–Trinajstić information content (AvgIpc) is 3.05. The molecule has 6 heteroatoms. The number of rotatable bonds is 3. The molecular weight excluding hydrogens is 312 g/mol. The Morgan fingerprint density at radius 1 is 1.17 bits per heavy atom. The van der Waals surface area contributed by atoms with Crippen molar-refractivity contribution >= 4 is 15.7 Å². The number of nitrogens with zero attached hydrogens (tertiary/aromatic N) is 2. The number of hydrogen-bond acceptors (Lipinski definition) is 4. The second kappa shape index (κ2) is 5.60. The lowest BCUT2D eigenvalue weighted by Crippen LogP contribution is -2.36. The highest BCUT2D eigenvalue weighted by atomic mass is 32.2. The van der Waals surface area contributed by atoms with Crippen molar-refractivity contribution in [1.29, 1.82) is 0 Å². The van der Waals surface area contributed by atoms with Crippen molar-refractivity contribution < 1.29 is 13.3 Å². The van der Waals surface area contributed by atoms with E-state index in [1.54, 1.807) is 16.4 Å². The molecule has 126 valence electrons. The monoisotopic (exact) mass is 336 g/mol. The van der Waals surface area contributed by atoms with Crippen LogP contribution in [-0.4, -0.2) is 37.6 Å². The Bertz CT molecular complexity index is 717. The van der Waals surface area contributed by atoms with Gasteiger partial charge in [-0.25, -0.2) is 8.42 Å². The van der Waals surface area contributed by atoms with Gasteiger partial charge in [0.1, 0.15) is 7.11 Å². The lowest BCUT2D eigenvalue weighted by Gasteiger charge is -2.22. The molecule has 2 heterocycles. The fourth-order valence-electron chi connectivity index (χ4n) is 3.57. The largest absolute Gasteiger partial charge is 0.399 e. The number of benzene rings is 1. The van der Waals surface area contributed by atoms with Gasteiger partial charge in [-0.1, -0.05) is 38.1 Å². The zero-order chi connectivity index (χ0) is 16.8. The molecule has 2 unspecified atom stereocenters. The molecule has 0 spiro atoms. The van der Waals surface area contributed by atoms with Crippen LogP contribution in [0.15, 0.2) is 34.3 Å². The molecule has 2 bridgehead atoms. The van der Waals surface area contributed by atoms with Crippen molar-refractivity contribution in [3.05, 3.63) is 29.8 Å². The second-order valence-corrected chi connectivity index (χ2v) is 9.17. The average molecular weight is 336 g/mol. The van der Waals surface area contributed by atoms with Crippen molar-refractivity contribution in [1.82, 2.24) is 4.31 Å². The molecule has 23 heavy (non-hydrogen) atoms. The summed E-state index contributed by atoms with van der Waals surface area (Å²) in [5.74, 6) is 0. The Labute approximate surface area is 138 Å². The summed E-state index contributed by atoms with van der Waals surface area (Å²) in [6, 6.07) is 7.14. The highest BCUT2D eigenvalue weighted by Gasteiger charge is 2.50. The fraction of sp³-hybridized carbons (Fsp3) is 0.588. The first-order chi connectivity index (χ1) is 10.7. The number of oxime groups is 1. The van der Waals surface area contributed by atoms with Crippen LogP contribution in [0.4, 0.5) is 0 Å². The Morgan fingerprint density at radius 2 is 1.83 bits per heavy atom. The molecule has 0 amide bonds. The second-order valence-electron chi connectivity index (χ2n) is 7.33. The number of fused-ring (bicyclic) bond motifs is 2. The Morgan fingerprint density at radius 3 is 2.39 bits per heavy atom. The van der Waals surface area contributed by atoms with Crippen LogP contribution in [0.3, 0.4) is 0 Å². The normalized spacial score (nSPS) is 26.9. The highest BCUT2D eigenvalue weighted by molar-refractivity contribution is 7.89. The minimum Gasteiger partial charge on any atom is -0.399 e. The maximum atomic E-state index is 13.0. The molecule has 2 saturated heterocycles. The lowest BCUT2D eigenvalue weighted by molar-refractivity contribution is 0.211. The molecule has 0 aromatic heterocycles. The predicted molar refractivity (Wildman–Crippen MR) is 90.0 cm³/mol. The molecule has 0 radical (unpaired) electrons. The van der Waals surface area contributed by atoms with Gasteiger partial charge in [0.25, 0.3) is 0 Å². The topological polar surface area (TPSA) is 59.0 Å². The zero-order valence-corrected chi connectivity index (χ0v) is 14.9. The molecule has 0 N–H and O–H groups in total. The van der Waals surface area contributed by atoms with Gasteiger partial charge >= 0.3 is 0 Å². The molecule has 2 aliphatic heterocycles. The third kappa shape index (κ3) is 2.78. The quantitative estimate of drug-likeness (QED) is 0.798. The minimum atomic E-state index is -3.49. The van der Waals surface area contributed by atoms with Crippen molar-refractivity contribution in [2.24, 2.45) is 5.16 Å². The van der Waals surface area contributed by atoms with E-state index in [0.717, 1.165) is 24.1 Å². The first kappa shape index (κ1) is 16.5. The molecule has 5 nitrogen and oxygen atoms in total. The van der Waals surface area contributed by atoms with Crippen LogP contribution in [0.5, 0.6) is 0 Å². The summed E-state index contributed by atoms with van der Waals surface area (Å²) >= 11 is 0. The zero-order valence-electron chi connectivity index (χ0n) is 14.1. The van der Waals surface area contributed by atoms with E-state index in [1.165, 1.54) is 7.11 Å². The van der Waals surface area contributed by atoms with E-state index in [0.29, 0.717) is 11.3 Å². The third-order valence-electron chi connectivity index (χ3n) is 4.77. The van der Waals surface area contributed by atoms with Gasteiger partial charge in [0.15, 0.2) is 0 Å². The van der Waals surface area contributed by atoms with Crippen LogP contribution >= 0.6 is 0 Å². The van der Waals surface area contributed by atoms with Gasteiger partial charge in [-0.05, 0) is 36.0 Å². The van der Waals surface area contributed by atoms with E-state index in [1.807, 2.05) is 12.1 Å². The van der Waals surface area contributed by atoms with Gasteiger partial charge in [0, 0.05) is 12.5 Å². The van der Waals surface area contributed by atoms with Gasteiger partial charge in [0.05, 0.1) is 16.6 Å². The van der Waals surface area contributed by atoms with Crippen molar-refractivity contribution in [2.75, 3.05) is 7.11 Å². The first-order valence-electron chi connectivity index (χ1n) is 7.99. The predicted octanol–water partition coefficient (Wildman–Crippen LogP) is 2.91. The molecular formula is C17H24N2O3S. The Kier molecular flexibility index (Phi) is 4.01. The summed E-state index contributed by atoms with van der Waals surface area (Å²) in [7, 11) is -1.99. The summed E-state index contributed by atoms with van der Waals surface area (Å²) in [5.41, 5.74) is 1.98. The van der Waals surface area contributed by atoms with Gasteiger partial charge in [-0.3, -0.25) is 0 Å². The molecule has 0 aliphatic carbocycles. The van der Waals surface area contributed by atoms with Crippen LogP contribution in [0.1, 0.15) is 45.6 Å². The van der Waals surface area contributed by atoms with Crippen molar-refractivity contribution in [3.63, 3.8) is 0 Å². The van der Waals surface area contributed by atoms with Crippen LogP contribution in [0.2, 0.25) is 0 Å². The van der Waals surface area contributed by atoms with Crippen LogP contribution in [0, 0.1) is 0 Å². The van der Waals surface area contributed by atoms with Gasteiger partial charge in [-0.15, -0.1) is 0 Å². The van der Waals surface area contributed by atoms with Crippen LogP contribution < -0.4 is 0 Å². The van der Waals surface area contributed by atoms with Crippen molar-refractivity contribution in [2.45, 2.75) is 62.4 Å². The Hall–Kier alpha value is -1.40.